The number of amides is 2. The van der Waals surface area contributed by atoms with Crippen LogP contribution in [-0.2, 0) is 4.79 Å². The molecule has 0 fully saturated rings. The number of hydrogen-bond acceptors (Lipinski definition) is 2. The Labute approximate surface area is 174 Å². The van der Waals surface area contributed by atoms with Gasteiger partial charge in [-0.2, -0.15) is 0 Å². The summed E-state index contributed by atoms with van der Waals surface area (Å²) in [5.74, 6) is -1.70. The van der Waals surface area contributed by atoms with Crippen molar-refractivity contribution in [3.05, 3.63) is 100 Å². The normalized spacial score (nSPS) is 9.79. The maximum absolute atomic E-state index is 13.4. The second-order valence-electron chi connectivity index (χ2n) is 6.32. The molecule has 0 radical (unpaired) electrons. The molecule has 2 amide bonds. The monoisotopic (exact) mass is 412 g/mol. The number of carbonyl (C=O) groups is 2. The first-order valence-electron chi connectivity index (χ1n) is 8.97. The van der Waals surface area contributed by atoms with Crippen LogP contribution in [0.4, 0.5) is 10.1 Å². The van der Waals surface area contributed by atoms with E-state index in [4.69, 9.17) is 11.6 Å². The molecule has 0 aliphatic carbocycles. The summed E-state index contributed by atoms with van der Waals surface area (Å²) in [6.07, 6.45) is 0. The summed E-state index contributed by atoms with van der Waals surface area (Å²) in [6, 6.07) is 20.9. The number of aryl methyl sites for hydroxylation is 2. The summed E-state index contributed by atoms with van der Waals surface area (Å²) < 4.78 is 13.4. The van der Waals surface area contributed by atoms with Gasteiger partial charge in [0.15, 0.2) is 0 Å². The predicted octanol–water partition coefficient (Wildman–Crippen LogP) is 5.15. The molecule has 150 valence electrons. The van der Waals surface area contributed by atoms with E-state index in [0.717, 1.165) is 5.56 Å². The van der Waals surface area contributed by atoms with Crippen molar-refractivity contribution in [2.24, 2.45) is 0 Å². The van der Waals surface area contributed by atoms with Crippen molar-refractivity contribution in [2.75, 3.05) is 11.9 Å². The highest BCUT2D eigenvalue weighted by atomic mass is 35.5. The van der Waals surface area contributed by atoms with Crippen LogP contribution < -0.4 is 10.6 Å². The van der Waals surface area contributed by atoms with Crippen LogP contribution in [0.3, 0.4) is 0 Å². The lowest BCUT2D eigenvalue weighted by molar-refractivity contribution is -0.115. The standard InChI is InChI=1S/C16H14ClFN2O2.C7H8/c1-10-6-7-11(17)8-14(10)20-15(21)9-19-16(22)12-4-2-3-5-13(12)18;1-7-5-3-2-4-6-7/h2-8H,9H2,1H3,(H,19,22)(H,20,21);2-6H,1H3. The van der Waals surface area contributed by atoms with Crippen LogP contribution in [0.2, 0.25) is 5.02 Å². The number of anilines is 1. The second kappa shape index (κ2) is 11.0. The zero-order chi connectivity index (χ0) is 21.2. The molecule has 6 heteroatoms. The molecule has 0 aromatic heterocycles. The lowest BCUT2D eigenvalue weighted by Crippen LogP contribution is -2.33. The van der Waals surface area contributed by atoms with Gasteiger partial charge in [-0.25, -0.2) is 4.39 Å². The van der Waals surface area contributed by atoms with E-state index in [0.29, 0.717) is 10.7 Å². The smallest absolute Gasteiger partial charge is 0.254 e. The Bertz CT molecular complexity index is 978. The quantitative estimate of drug-likeness (QED) is 0.622. The SMILES string of the molecule is Cc1ccc(Cl)cc1NC(=O)CNC(=O)c1ccccc1F.Cc1ccccc1. The first kappa shape index (κ1) is 22.1. The molecule has 0 unspecified atom stereocenters. The molecule has 29 heavy (non-hydrogen) atoms. The molecule has 0 heterocycles. The summed E-state index contributed by atoms with van der Waals surface area (Å²) in [5.41, 5.74) is 2.63. The van der Waals surface area contributed by atoms with E-state index in [1.807, 2.05) is 25.1 Å². The minimum absolute atomic E-state index is 0.103. The van der Waals surface area contributed by atoms with Gasteiger partial charge in [0.1, 0.15) is 5.82 Å². The van der Waals surface area contributed by atoms with E-state index in [1.54, 1.807) is 24.3 Å². The third-order valence-electron chi connectivity index (χ3n) is 3.94. The van der Waals surface area contributed by atoms with E-state index in [-0.39, 0.29) is 12.1 Å². The van der Waals surface area contributed by atoms with Gasteiger partial charge in [0.25, 0.3) is 5.91 Å². The lowest BCUT2D eigenvalue weighted by Gasteiger charge is -2.10. The summed E-state index contributed by atoms with van der Waals surface area (Å²) in [7, 11) is 0. The van der Waals surface area contributed by atoms with Gasteiger partial charge >= 0.3 is 0 Å². The van der Waals surface area contributed by atoms with E-state index < -0.39 is 17.6 Å². The zero-order valence-corrected chi connectivity index (χ0v) is 17.0. The second-order valence-corrected chi connectivity index (χ2v) is 6.76. The van der Waals surface area contributed by atoms with E-state index in [1.165, 1.54) is 23.8 Å². The summed E-state index contributed by atoms with van der Waals surface area (Å²) in [6.45, 7) is 3.64. The fourth-order valence-corrected chi connectivity index (χ4v) is 2.53. The Morgan fingerprint density at radius 1 is 0.931 bits per heavy atom. The van der Waals surface area contributed by atoms with Crippen molar-refractivity contribution < 1.29 is 14.0 Å². The average molecular weight is 413 g/mol. The maximum Gasteiger partial charge on any atom is 0.254 e. The Hall–Kier alpha value is -3.18. The summed E-state index contributed by atoms with van der Waals surface area (Å²) in [4.78, 5) is 23.6. The van der Waals surface area contributed by atoms with Gasteiger partial charge in [-0.05, 0) is 43.7 Å². The molecule has 0 bridgehead atoms. The topological polar surface area (TPSA) is 58.2 Å². The predicted molar refractivity (Wildman–Crippen MR) is 115 cm³/mol. The average Bonchev–Trinajstić information content (AvgIpc) is 2.70. The van der Waals surface area contributed by atoms with Crippen LogP contribution in [0.1, 0.15) is 21.5 Å². The number of carbonyl (C=O) groups excluding carboxylic acids is 2. The van der Waals surface area contributed by atoms with E-state index in [9.17, 15) is 14.0 Å². The van der Waals surface area contributed by atoms with Gasteiger partial charge in [-0.1, -0.05) is 65.7 Å². The lowest BCUT2D eigenvalue weighted by atomic mass is 10.2. The number of hydrogen-bond donors (Lipinski definition) is 2. The van der Waals surface area contributed by atoms with Gasteiger partial charge in [0, 0.05) is 10.7 Å². The van der Waals surface area contributed by atoms with Gasteiger partial charge in [0.2, 0.25) is 5.91 Å². The number of halogens is 2. The van der Waals surface area contributed by atoms with Crippen molar-refractivity contribution >= 4 is 29.1 Å². The van der Waals surface area contributed by atoms with Crippen LogP contribution in [-0.4, -0.2) is 18.4 Å². The van der Waals surface area contributed by atoms with Gasteiger partial charge in [0.05, 0.1) is 12.1 Å². The van der Waals surface area contributed by atoms with E-state index >= 15 is 0 Å². The highest BCUT2D eigenvalue weighted by Gasteiger charge is 2.12. The molecule has 0 aliphatic rings. The Morgan fingerprint density at radius 2 is 1.59 bits per heavy atom. The molecule has 4 nitrogen and oxygen atoms in total. The van der Waals surface area contributed by atoms with Crippen molar-refractivity contribution in [3.8, 4) is 0 Å². The molecular formula is C23H22ClFN2O2. The highest BCUT2D eigenvalue weighted by molar-refractivity contribution is 6.31. The molecule has 0 saturated carbocycles. The van der Waals surface area contributed by atoms with Crippen LogP contribution >= 0.6 is 11.6 Å². The minimum atomic E-state index is -0.643. The van der Waals surface area contributed by atoms with E-state index in [2.05, 4.69) is 29.7 Å². The largest absolute Gasteiger partial charge is 0.343 e. The number of rotatable bonds is 4. The van der Waals surface area contributed by atoms with Crippen LogP contribution in [0.15, 0.2) is 72.8 Å². The minimum Gasteiger partial charge on any atom is -0.343 e. The van der Waals surface area contributed by atoms with Crippen molar-refractivity contribution in [1.29, 1.82) is 0 Å². The maximum atomic E-state index is 13.4. The molecule has 3 aromatic carbocycles. The van der Waals surface area contributed by atoms with Crippen molar-refractivity contribution in [3.63, 3.8) is 0 Å². The van der Waals surface area contributed by atoms with Crippen LogP contribution in [0, 0.1) is 19.7 Å². The van der Waals surface area contributed by atoms with Crippen molar-refractivity contribution in [1.82, 2.24) is 5.32 Å². The van der Waals surface area contributed by atoms with Crippen LogP contribution in [0.5, 0.6) is 0 Å². The fraction of sp³-hybridized carbons (Fsp3) is 0.130. The van der Waals surface area contributed by atoms with Gasteiger partial charge in [-0.3, -0.25) is 9.59 Å². The first-order chi connectivity index (χ1) is 13.9. The summed E-state index contributed by atoms with van der Waals surface area (Å²) in [5, 5.41) is 5.51. The number of benzene rings is 3. The van der Waals surface area contributed by atoms with Crippen molar-refractivity contribution in [2.45, 2.75) is 13.8 Å². The first-order valence-corrected chi connectivity index (χ1v) is 9.35. The van der Waals surface area contributed by atoms with Crippen LogP contribution in [0.25, 0.3) is 0 Å². The summed E-state index contributed by atoms with van der Waals surface area (Å²) >= 11 is 5.86. The zero-order valence-electron chi connectivity index (χ0n) is 16.2. The number of nitrogens with one attached hydrogen (secondary N) is 2. The molecule has 0 saturated heterocycles. The Balaban J connectivity index is 0.000000360. The van der Waals surface area contributed by atoms with Gasteiger partial charge in [-0.15, -0.1) is 0 Å². The third kappa shape index (κ3) is 7.39. The molecule has 2 N–H and O–H groups in total. The highest BCUT2D eigenvalue weighted by Crippen LogP contribution is 2.19. The van der Waals surface area contributed by atoms with Gasteiger partial charge < -0.3 is 10.6 Å². The fourth-order valence-electron chi connectivity index (χ4n) is 2.36. The molecule has 0 atom stereocenters. The molecule has 3 rings (SSSR count). The molecule has 3 aromatic rings. The molecule has 0 spiro atoms. The third-order valence-corrected chi connectivity index (χ3v) is 4.18. The molecule has 0 aliphatic heterocycles. The Kier molecular flexibility index (Phi) is 8.37. The molecular weight excluding hydrogens is 391 g/mol. The Morgan fingerprint density at radius 3 is 2.21 bits per heavy atom.